The third-order valence-corrected chi connectivity index (χ3v) is 5.13. The molecule has 3 heterocycles. The van der Waals surface area contributed by atoms with E-state index in [2.05, 4.69) is 25.1 Å². The number of hydrogen-bond acceptors (Lipinski definition) is 10. The monoisotopic (exact) mass is 579 g/mol. The molecule has 1 aromatic heterocycles. The van der Waals surface area contributed by atoms with Gasteiger partial charge < -0.3 is 34.6 Å². The van der Waals surface area contributed by atoms with E-state index in [1.165, 1.54) is 6.33 Å². The minimum atomic E-state index is -5.08. The quantitative estimate of drug-likeness (QED) is 0.315. The molecule has 3 rings (SSSR count). The standard InChI is InChI=1S/C16H25N5O4.2C2HF3O2/c1-20-8-16(25-7-12(20)15(22)17-4-5-23-2)9-21(10-16)13-6-14(24-3)19-11-18-13;2*3-2(4,5)1(6)7/h6,11-12H,4-5,7-10H2,1-3H3,(H,17,22);2*(H,6,7). The van der Waals surface area contributed by atoms with Crippen molar-refractivity contribution in [3.63, 3.8) is 0 Å². The molecule has 3 N–H and O–H groups in total. The molecule has 1 spiro atoms. The first-order valence-electron chi connectivity index (χ1n) is 10.8. The average molecular weight is 579 g/mol. The Balaban J connectivity index is 0.000000449. The molecule has 1 unspecified atom stereocenters. The number of carboxylic acids is 2. The number of halogens is 6. The maximum Gasteiger partial charge on any atom is 0.490 e. The molecule has 0 aromatic carbocycles. The Morgan fingerprint density at radius 2 is 1.62 bits per heavy atom. The van der Waals surface area contributed by atoms with Gasteiger partial charge in [-0.25, -0.2) is 19.6 Å². The summed E-state index contributed by atoms with van der Waals surface area (Å²) in [6.07, 6.45) is -8.67. The molecule has 39 heavy (non-hydrogen) atoms. The summed E-state index contributed by atoms with van der Waals surface area (Å²) in [6.45, 7) is 3.56. The smallest absolute Gasteiger partial charge is 0.481 e. The molecule has 2 aliphatic heterocycles. The number of morpholine rings is 1. The molecule has 13 nitrogen and oxygen atoms in total. The highest BCUT2D eigenvalue weighted by Gasteiger charge is 2.50. The Morgan fingerprint density at radius 3 is 2.05 bits per heavy atom. The third kappa shape index (κ3) is 10.7. The molecule has 1 atom stereocenters. The van der Waals surface area contributed by atoms with Crippen LogP contribution in [-0.4, -0.2) is 128 Å². The number of nitrogens with zero attached hydrogens (tertiary/aromatic N) is 4. The first-order chi connectivity index (χ1) is 18.0. The second-order valence-corrected chi connectivity index (χ2v) is 8.09. The van der Waals surface area contributed by atoms with Crippen LogP contribution in [0, 0.1) is 0 Å². The van der Waals surface area contributed by atoms with Gasteiger partial charge in [0, 0.05) is 26.3 Å². The molecule has 222 valence electrons. The van der Waals surface area contributed by atoms with Gasteiger partial charge in [-0.2, -0.15) is 26.3 Å². The van der Waals surface area contributed by atoms with Crippen molar-refractivity contribution in [1.82, 2.24) is 20.2 Å². The van der Waals surface area contributed by atoms with E-state index in [1.807, 2.05) is 13.1 Å². The van der Waals surface area contributed by atoms with Crippen molar-refractivity contribution in [2.24, 2.45) is 0 Å². The van der Waals surface area contributed by atoms with Crippen molar-refractivity contribution >= 4 is 23.7 Å². The Labute approximate surface area is 217 Å². The van der Waals surface area contributed by atoms with E-state index in [9.17, 15) is 31.1 Å². The summed E-state index contributed by atoms with van der Waals surface area (Å²) >= 11 is 0. The third-order valence-electron chi connectivity index (χ3n) is 5.13. The van der Waals surface area contributed by atoms with Gasteiger partial charge in [-0.15, -0.1) is 0 Å². The molecule has 0 bridgehead atoms. The maximum absolute atomic E-state index is 12.2. The van der Waals surface area contributed by atoms with Crippen LogP contribution >= 0.6 is 0 Å². The first-order valence-corrected chi connectivity index (χ1v) is 10.8. The van der Waals surface area contributed by atoms with Gasteiger partial charge in [0.15, 0.2) is 0 Å². The van der Waals surface area contributed by atoms with Crippen molar-refractivity contribution in [2.45, 2.75) is 24.0 Å². The zero-order valence-corrected chi connectivity index (χ0v) is 20.9. The number of carbonyl (C=O) groups is 3. The van der Waals surface area contributed by atoms with Crippen LogP contribution in [0.3, 0.4) is 0 Å². The lowest BCUT2D eigenvalue weighted by Gasteiger charge is -2.55. The van der Waals surface area contributed by atoms with Crippen LogP contribution in [0.4, 0.5) is 32.2 Å². The normalized spacial score (nSPS) is 18.5. The fourth-order valence-electron chi connectivity index (χ4n) is 3.28. The van der Waals surface area contributed by atoms with Crippen molar-refractivity contribution in [1.29, 1.82) is 0 Å². The number of nitrogens with one attached hydrogen (secondary N) is 1. The molecule has 2 fully saturated rings. The van der Waals surface area contributed by atoms with Crippen LogP contribution in [-0.2, 0) is 23.9 Å². The Morgan fingerprint density at radius 1 is 1.08 bits per heavy atom. The minimum absolute atomic E-state index is 0.0221. The molecule has 0 saturated carbocycles. The zero-order chi connectivity index (χ0) is 30.0. The minimum Gasteiger partial charge on any atom is -0.481 e. The van der Waals surface area contributed by atoms with Gasteiger partial charge in [0.05, 0.1) is 33.4 Å². The van der Waals surface area contributed by atoms with Gasteiger partial charge in [0.2, 0.25) is 11.8 Å². The molecule has 0 radical (unpaired) electrons. The molecular weight excluding hydrogens is 552 g/mol. The highest BCUT2D eigenvalue weighted by Crippen LogP contribution is 2.33. The molecule has 0 aliphatic carbocycles. The number of rotatable bonds is 6. The van der Waals surface area contributed by atoms with Gasteiger partial charge in [-0.1, -0.05) is 0 Å². The van der Waals surface area contributed by atoms with E-state index in [0.29, 0.717) is 32.2 Å². The van der Waals surface area contributed by atoms with Gasteiger partial charge in [-0.05, 0) is 7.05 Å². The highest BCUT2D eigenvalue weighted by molar-refractivity contribution is 5.82. The van der Waals surface area contributed by atoms with Crippen LogP contribution in [0.15, 0.2) is 12.4 Å². The van der Waals surface area contributed by atoms with E-state index in [4.69, 9.17) is 34.0 Å². The van der Waals surface area contributed by atoms with Crippen LogP contribution < -0.4 is 15.0 Å². The summed E-state index contributed by atoms with van der Waals surface area (Å²) < 4.78 is 79.6. The second-order valence-electron chi connectivity index (χ2n) is 8.09. The topological polar surface area (TPSA) is 164 Å². The Kier molecular flexibility index (Phi) is 12.1. The predicted molar refractivity (Wildman–Crippen MR) is 118 cm³/mol. The summed E-state index contributed by atoms with van der Waals surface area (Å²) in [7, 11) is 5.16. The Hall–Kier alpha value is -3.45. The number of methoxy groups -OCH3 is 2. The number of aromatic nitrogens is 2. The van der Waals surface area contributed by atoms with E-state index in [-0.39, 0.29) is 17.6 Å². The summed E-state index contributed by atoms with van der Waals surface area (Å²) in [6, 6.07) is 1.54. The molecule has 1 aromatic rings. The van der Waals surface area contributed by atoms with Gasteiger partial charge >= 0.3 is 24.3 Å². The SMILES string of the molecule is COCCNC(=O)C1COC2(CN(c3cc(OC)ncn3)C2)CN1C.O=C(O)C(F)(F)F.O=C(O)C(F)(F)F. The van der Waals surface area contributed by atoms with Gasteiger partial charge in [-0.3, -0.25) is 9.69 Å². The lowest BCUT2D eigenvalue weighted by Crippen LogP contribution is -2.72. The summed E-state index contributed by atoms with van der Waals surface area (Å²) in [5, 5.41) is 17.1. The molecular formula is C20H27F6N5O8. The number of carbonyl (C=O) groups excluding carboxylic acids is 1. The number of ether oxygens (including phenoxy) is 3. The number of carboxylic acid groups (broad SMARTS) is 2. The second kappa shape index (κ2) is 14.1. The van der Waals surface area contributed by atoms with E-state index in [0.717, 1.165) is 18.9 Å². The van der Waals surface area contributed by atoms with Crippen molar-refractivity contribution < 1.29 is 65.1 Å². The van der Waals surface area contributed by atoms with Gasteiger partial charge in [0.25, 0.3) is 0 Å². The summed E-state index contributed by atoms with van der Waals surface area (Å²) in [5.74, 6) is -4.17. The van der Waals surface area contributed by atoms with E-state index >= 15 is 0 Å². The largest absolute Gasteiger partial charge is 0.490 e. The van der Waals surface area contributed by atoms with Crippen LogP contribution in [0.5, 0.6) is 5.88 Å². The zero-order valence-electron chi connectivity index (χ0n) is 20.9. The van der Waals surface area contributed by atoms with E-state index < -0.39 is 24.3 Å². The number of alkyl halides is 6. The molecule has 19 heteroatoms. The number of aliphatic carboxylic acids is 2. The Bertz CT molecular complexity index is 951. The lowest BCUT2D eigenvalue weighted by atomic mass is 9.90. The van der Waals surface area contributed by atoms with E-state index in [1.54, 1.807) is 14.2 Å². The van der Waals surface area contributed by atoms with Crippen LogP contribution in [0.1, 0.15) is 0 Å². The van der Waals surface area contributed by atoms with Gasteiger partial charge in [0.1, 0.15) is 23.8 Å². The lowest BCUT2D eigenvalue weighted by molar-refractivity contribution is -0.193. The summed E-state index contributed by atoms with van der Waals surface area (Å²) in [5.41, 5.74) is -0.254. The predicted octanol–water partition coefficient (Wildman–Crippen LogP) is 0.404. The van der Waals surface area contributed by atoms with Crippen LogP contribution in [0.25, 0.3) is 0 Å². The summed E-state index contributed by atoms with van der Waals surface area (Å²) in [4.78, 5) is 42.5. The molecule has 2 aliphatic rings. The maximum atomic E-state index is 12.2. The molecule has 1 amide bonds. The molecule has 2 saturated heterocycles. The highest BCUT2D eigenvalue weighted by atomic mass is 19.4. The van der Waals surface area contributed by atoms with Crippen molar-refractivity contribution in [3.05, 3.63) is 12.4 Å². The number of likely N-dealkylation sites (N-methyl/N-ethyl adjacent to an activating group) is 1. The fraction of sp³-hybridized carbons (Fsp3) is 0.650. The average Bonchev–Trinajstić information content (AvgIpc) is 2.82. The van der Waals surface area contributed by atoms with Crippen LogP contribution in [0.2, 0.25) is 0 Å². The first kappa shape index (κ1) is 33.6. The van der Waals surface area contributed by atoms with Crippen molar-refractivity contribution in [3.8, 4) is 5.88 Å². The number of anilines is 1. The number of amides is 1. The fourth-order valence-corrected chi connectivity index (χ4v) is 3.28. The number of hydrogen-bond donors (Lipinski definition) is 3. The van der Waals surface area contributed by atoms with Crippen molar-refractivity contribution in [2.75, 3.05) is 65.6 Å².